The number of ether oxygens (including phenoxy) is 1. The molecule has 130 valence electrons. The summed E-state index contributed by atoms with van der Waals surface area (Å²) in [6, 6.07) is 0.240. The molecule has 1 aliphatic carbocycles. The van der Waals surface area contributed by atoms with Gasteiger partial charge in [0.1, 0.15) is 5.69 Å². The summed E-state index contributed by atoms with van der Waals surface area (Å²) in [5.41, 5.74) is 9.07. The van der Waals surface area contributed by atoms with Crippen LogP contribution in [0, 0.1) is 0 Å². The maximum absolute atomic E-state index is 8.83. The molecule has 0 amide bonds. The normalized spacial score (nSPS) is 20.7. The lowest BCUT2D eigenvalue weighted by Crippen LogP contribution is -2.22. The Kier molecular flexibility index (Phi) is 7.15. The van der Waals surface area contributed by atoms with E-state index >= 15 is 0 Å². The van der Waals surface area contributed by atoms with Crippen molar-refractivity contribution in [3.63, 3.8) is 0 Å². The summed E-state index contributed by atoms with van der Waals surface area (Å²) in [6.07, 6.45) is 4.01. The van der Waals surface area contributed by atoms with Gasteiger partial charge in [-0.05, 0) is 25.7 Å². The molecule has 0 aliphatic heterocycles. The Balaban J connectivity index is 2.04. The van der Waals surface area contributed by atoms with Crippen molar-refractivity contribution < 1.29 is 9.84 Å². The molecule has 0 spiro atoms. The highest BCUT2D eigenvalue weighted by Gasteiger charge is 2.26. The monoisotopic (exact) mass is 342 g/mol. The third-order valence-electron chi connectivity index (χ3n) is 3.67. The molecule has 1 aromatic heterocycles. The van der Waals surface area contributed by atoms with E-state index in [0.717, 1.165) is 31.4 Å². The van der Waals surface area contributed by atoms with Gasteiger partial charge in [-0.1, -0.05) is 18.7 Å². The number of nitrogens with two attached hydrogens (primary N) is 2. The highest BCUT2D eigenvalue weighted by atomic mass is 32.2. The summed E-state index contributed by atoms with van der Waals surface area (Å²) in [7, 11) is 0. The summed E-state index contributed by atoms with van der Waals surface area (Å²) in [5.74, 6) is 7.47. The molecular weight excluding hydrogens is 316 g/mol. The third-order valence-corrected chi connectivity index (χ3v) is 4.72. The Hall–Kier alpha value is -1.29. The fourth-order valence-electron chi connectivity index (χ4n) is 2.60. The van der Waals surface area contributed by atoms with Crippen molar-refractivity contribution in [1.29, 1.82) is 0 Å². The van der Waals surface area contributed by atoms with Crippen LogP contribution in [0.25, 0.3) is 0 Å². The second kappa shape index (κ2) is 9.11. The van der Waals surface area contributed by atoms with Crippen LogP contribution in [0.5, 0.6) is 0 Å². The van der Waals surface area contributed by atoms with Crippen LogP contribution in [-0.4, -0.2) is 46.2 Å². The van der Waals surface area contributed by atoms with Crippen molar-refractivity contribution in [3.05, 3.63) is 0 Å². The third kappa shape index (κ3) is 5.10. The molecule has 0 unspecified atom stereocenters. The number of aromatic nitrogens is 2. The fraction of sp³-hybridized carbons (Fsp3) is 0.714. The number of anilines is 3. The summed E-state index contributed by atoms with van der Waals surface area (Å²) >= 11 is 1.57. The second-order valence-corrected chi connectivity index (χ2v) is 6.54. The van der Waals surface area contributed by atoms with E-state index in [2.05, 4.69) is 27.6 Å². The minimum absolute atomic E-state index is 0.0519. The Morgan fingerprint density at radius 2 is 2.22 bits per heavy atom. The quantitative estimate of drug-likeness (QED) is 0.194. The minimum atomic E-state index is 0.0519. The number of aliphatic hydroxyl groups excluding tert-OH is 1. The molecule has 8 nitrogen and oxygen atoms in total. The van der Waals surface area contributed by atoms with Crippen LogP contribution in [0.4, 0.5) is 17.3 Å². The number of nitrogens with one attached hydrogen (secondary N) is 2. The van der Waals surface area contributed by atoms with Crippen LogP contribution in [0.2, 0.25) is 0 Å². The number of nitrogens with zero attached hydrogens (tertiary/aromatic N) is 2. The molecule has 1 aromatic rings. The fourth-order valence-corrected chi connectivity index (χ4v) is 3.30. The molecule has 2 atom stereocenters. The van der Waals surface area contributed by atoms with Crippen LogP contribution in [0.3, 0.4) is 0 Å². The Bertz CT molecular complexity index is 504. The van der Waals surface area contributed by atoms with Gasteiger partial charge in [-0.15, -0.1) is 0 Å². The smallest absolute Gasteiger partial charge is 0.191 e. The highest BCUT2D eigenvalue weighted by Crippen LogP contribution is 2.31. The van der Waals surface area contributed by atoms with E-state index < -0.39 is 0 Å². The van der Waals surface area contributed by atoms with Crippen LogP contribution < -0.4 is 22.3 Å². The maximum Gasteiger partial charge on any atom is 0.191 e. The lowest BCUT2D eigenvalue weighted by Gasteiger charge is -2.18. The first kappa shape index (κ1) is 18.1. The van der Waals surface area contributed by atoms with Crippen LogP contribution in [-0.2, 0) is 4.74 Å². The first-order chi connectivity index (χ1) is 11.2. The van der Waals surface area contributed by atoms with Gasteiger partial charge in [0, 0.05) is 11.8 Å². The largest absolute Gasteiger partial charge is 0.394 e. The molecule has 1 aliphatic rings. The molecule has 0 aromatic carbocycles. The number of hydrogen-bond acceptors (Lipinski definition) is 9. The van der Waals surface area contributed by atoms with Gasteiger partial charge in [-0.2, -0.15) is 0 Å². The van der Waals surface area contributed by atoms with Gasteiger partial charge < -0.3 is 26.3 Å². The van der Waals surface area contributed by atoms with Crippen molar-refractivity contribution in [2.24, 2.45) is 5.84 Å². The van der Waals surface area contributed by atoms with E-state index in [1.165, 1.54) is 0 Å². The SMILES string of the molecule is CCCSc1nc(N)c(NN)c(N[C@H]2CC[C@@H](OCCO)C2)n1. The maximum atomic E-state index is 8.83. The van der Waals surface area contributed by atoms with Crippen LogP contribution >= 0.6 is 11.8 Å². The van der Waals surface area contributed by atoms with E-state index in [4.69, 9.17) is 21.4 Å². The van der Waals surface area contributed by atoms with Crippen molar-refractivity contribution in [2.75, 3.05) is 35.4 Å². The van der Waals surface area contributed by atoms with Gasteiger partial charge in [0.05, 0.1) is 19.3 Å². The molecule has 0 bridgehead atoms. The molecule has 1 saturated carbocycles. The Labute approximate surface area is 140 Å². The standard InChI is InChI=1S/C14H26N6O2S/c1-2-7-23-14-18-12(15)11(20-16)13(19-14)17-9-3-4-10(8-9)22-6-5-21/h9-10,20-21H,2-8,16H2,1H3,(H3,15,17,18,19)/t9-,10+/m0/s1. The number of hydrogen-bond donors (Lipinski definition) is 5. The van der Waals surface area contributed by atoms with Crippen molar-refractivity contribution in [1.82, 2.24) is 9.97 Å². The molecule has 0 radical (unpaired) electrons. The second-order valence-electron chi connectivity index (χ2n) is 5.48. The Morgan fingerprint density at radius 1 is 1.39 bits per heavy atom. The summed E-state index contributed by atoms with van der Waals surface area (Å²) in [5, 5.41) is 12.9. The topological polar surface area (TPSA) is 131 Å². The molecular formula is C14H26N6O2S. The van der Waals surface area contributed by atoms with Crippen LogP contribution in [0.1, 0.15) is 32.6 Å². The summed E-state index contributed by atoms with van der Waals surface area (Å²) in [4.78, 5) is 8.80. The highest BCUT2D eigenvalue weighted by molar-refractivity contribution is 7.99. The minimum Gasteiger partial charge on any atom is -0.394 e. The summed E-state index contributed by atoms with van der Waals surface area (Å²) < 4.78 is 5.59. The first-order valence-electron chi connectivity index (χ1n) is 7.93. The lowest BCUT2D eigenvalue weighted by molar-refractivity contribution is 0.0326. The van der Waals surface area contributed by atoms with E-state index in [1.54, 1.807) is 11.8 Å². The average Bonchev–Trinajstić information content (AvgIpc) is 2.98. The molecule has 23 heavy (non-hydrogen) atoms. The van der Waals surface area contributed by atoms with Gasteiger partial charge in [-0.25, -0.2) is 9.97 Å². The number of thioether (sulfide) groups is 1. The molecule has 0 saturated heterocycles. The molecule has 7 N–H and O–H groups in total. The van der Waals surface area contributed by atoms with Gasteiger partial charge >= 0.3 is 0 Å². The van der Waals surface area contributed by atoms with Crippen molar-refractivity contribution in [3.8, 4) is 0 Å². The number of aliphatic hydroxyl groups is 1. The van der Waals surface area contributed by atoms with Gasteiger partial charge in [0.2, 0.25) is 0 Å². The zero-order valence-corrected chi connectivity index (χ0v) is 14.2. The van der Waals surface area contributed by atoms with E-state index in [-0.39, 0.29) is 18.8 Å². The zero-order chi connectivity index (χ0) is 16.7. The van der Waals surface area contributed by atoms with E-state index in [9.17, 15) is 0 Å². The van der Waals surface area contributed by atoms with Crippen molar-refractivity contribution >= 4 is 29.1 Å². The molecule has 1 fully saturated rings. The Morgan fingerprint density at radius 3 is 2.91 bits per heavy atom. The lowest BCUT2D eigenvalue weighted by atomic mass is 10.2. The first-order valence-corrected chi connectivity index (χ1v) is 8.92. The number of hydrazine groups is 1. The van der Waals surface area contributed by atoms with Gasteiger partial charge in [0.25, 0.3) is 0 Å². The van der Waals surface area contributed by atoms with Crippen LogP contribution in [0.15, 0.2) is 5.16 Å². The molecule has 9 heteroatoms. The van der Waals surface area contributed by atoms with Gasteiger partial charge in [0.15, 0.2) is 16.8 Å². The predicted octanol–water partition coefficient (Wildman–Crippen LogP) is 1.19. The summed E-state index contributed by atoms with van der Waals surface area (Å²) in [6.45, 7) is 2.54. The van der Waals surface area contributed by atoms with E-state index in [0.29, 0.717) is 29.1 Å². The zero-order valence-electron chi connectivity index (χ0n) is 13.4. The number of nitrogen functional groups attached to an aromatic ring is 2. The predicted molar refractivity (Wildman–Crippen MR) is 93.4 cm³/mol. The van der Waals surface area contributed by atoms with E-state index in [1.807, 2.05) is 0 Å². The molecule has 2 rings (SSSR count). The average molecular weight is 342 g/mol. The molecule has 1 heterocycles. The van der Waals surface area contributed by atoms with Crippen molar-refractivity contribution in [2.45, 2.75) is 49.9 Å². The number of rotatable bonds is 9. The van der Waals surface area contributed by atoms with Gasteiger partial charge in [-0.3, -0.25) is 5.84 Å².